The Kier molecular flexibility index (Phi) is 6.52. The number of aromatic nitrogens is 3. The molecule has 0 spiro atoms. The Hall–Kier alpha value is -3.53. The lowest BCUT2D eigenvalue weighted by Crippen LogP contribution is -2.36. The lowest BCUT2D eigenvalue weighted by atomic mass is 9.97. The van der Waals surface area contributed by atoms with Crippen LogP contribution in [0.3, 0.4) is 0 Å². The average Bonchev–Trinajstić information content (AvgIpc) is 3.19. The van der Waals surface area contributed by atoms with Crippen LogP contribution in [-0.2, 0) is 4.74 Å². The highest BCUT2D eigenvalue weighted by Gasteiger charge is 2.24. The van der Waals surface area contributed by atoms with Crippen molar-refractivity contribution in [1.29, 1.82) is 0 Å². The molecule has 182 valence electrons. The van der Waals surface area contributed by atoms with Crippen LogP contribution in [0.4, 0.5) is 22.1 Å². The molecule has 34 heavy (non-hydrogen) atoms. The van der Waals surface area contributed by atoms with Crippen molar-refractivity contribution < 1.29 is 14.3 Å². The first-order chi connectivity index (χ1) is 16.2. The maximum absolute atomic E-state index is 12.3. The summed E-state index contributed by atoms with van der Waals surface area (Å²) >= 11 is 0. The molecule has 1 amide bonds. The fourth-order valence-corrected chi connectivity index (χ4v) is 4.27. The number of carbonyl (C=O) groups is 1. The van der Waals surface area contributed by atoms with E-state index < -0.39 is 11.7 Å². The molecular formula is C24H33N7O3. The summed E-state index contributed by atoms with van der Waals surface area (Å²) in [6.45, 7) is 7.96. The highest BCUT2D eigenvalue weighted by atomic mass is 16.6. The number of carbonyl (C=O) groups excluding carboxylic acids is 1. The number of nitrogens with two attached hydrogens (primary N) is 2. The molecule has 1 aliphatic rings. The van der Waals surface area contributed by atoms with Gasteiger partial charge in [0, 0.05) is 18.7 Å². The van der Waals surface area contributed by atoms with Gasteiger partial charge in [0.2, 0.25) is 0 Å². The molecule has 0 unspecified atom stereocenters. The summed E-state index contributed by atoms with van der Waals surface area (Å²) in [7, 11) is 1.56. The predicted octanol–water partition coefficient (Wildman–Crippen LogP) is 3.51. The third-order valence-corrected chi connectivity index (χ3v) is 5.98. The highest BCUT2D eigenvalue weighted by molar-refractivity contribution is 5.93. The number of methoxy groups -OCH3 is 1. The molecule has 1 aliphatic heterocycles. The van der Waals surface area contributed by atoms with Gasteiger partial charge in [0.1, 0.15) is 29.0 Å². The fourth-order valence-electron chi connectivity index (χ4n) is 4.27. The lowest BCUT2D eigenvalue weighted by molar-refractivity contribution is 0.0635. The average molecular weight is 468 g/mol. The molecule has 3 heterocycles. The summed E-state index contributed by atoms with van der Waals surface area (Å²) in [5.74, 6) is 2.41. The Morgan fingerprint density at radius 1 is 1.24 bits per heavy atom. The minimum Gasteiger partial charge on any atom is -0.495 e. The number of ether oxygens (including phenoxy) is 2. The number of piperidine rings is 1. The van der Waals surface area contributed by atoms with Gasteiger partial charge in [0.15, 0.2) is 5.82 Å². The minimum absolute atomic E-state index is 0.392. The molecule has 5 N–H and O–H groups in total. The van der Waals surface area contributed by atoms with Crippen LogP contribution in [-0.4, -0.2) is 53.0 Å². The second-order valence-corrected chi connectivity index (χ2v) is 9.53. The quantitative estimate of drug-likeness (QED) is 0.519. The van der Waals surface area contributed by atoms with Crippen LogP contribution in [0.1, 0.15) is 33.6 Å². The largest absolute Gasteiger partial charge is 0.495 e. The predicted molar refractivity (Wildman–Crippen MR) is 133 cm³/mol. The van der Waals surface area contributed by atoms with E-state index in [0.29, 0.717) is 29.7 Å². The van der Waals surface area contributed by atoms with Crippen molar-refractivity contribution in [2.75, 3.05) is 42.7 Å². The monoisotopic (exact) mass is 467 g/mol. The second kappa shape index (κ2) is 9.38. The first kappa shape index (κ1) is 23.6. The van der Waals surface area contributed by atoms with Crippen LogP contribution in [0, 0.1) is 5.92 Å². The van der Waals surface area contributed by atoms with E-state index in [0.717, 1.165) is 48.4 Å². The third kappa shape index (κ3) is 4.86. The zero-order valence-corrected chi connectivity index (χ0v) is 20.2. The van der Waals surface area contributed by atoms with Crippen molar-refractivity contribution >= 4 is 28.9 Å². The second-order valence-electron chi connectivity index (χ2n) is 9.53. The van der Waals surface area contributed by atoms with Crippen LogP contribution in [0.5, 0.6) is 5.75 Å². The first-order valence-electron chi connectivity index (χ1n) is 11.5. The van der Waals surface area contributed by atoms with Crippen molar-refractivity contribution in [2.24, 2.45) is 11.7 Å². The van der Waals surface area contributed by atoms with Gasteiger partial charge in [0.25, 0.3) is 0 Å². The van der Waals surface area contributed by atoms with E-state index in [1.807, 2.05) is 37.4 Å². The highest BCUT2D eigenvalue weighted by Crippen LogP contribution is 2.38. The topological polar surface area (TPSA) is 133 Å². The smallest absolute Gasteiger partial charge is 0.412 e. The van der Waals surface area contributed by atoms with Crippen LogP contribution in [0.2, 0.25) is 0 Å². The molecule has 0 atom stereocenters. The standard InChI is InChI=1S/C24H33N7O3/c1-24(2,3)34-23(32)29-18-6-5-16(11-19(18)33-4)17-12-20(30-9-7-15(13-25)8-10-30)31-21(17)22(26)27-14-28-31/h5-6,11-12,14-15H,7-10,13,25H2,1-4H3,(H,29,32)(H2,26,27,28). The van der Waals surface area contributed by atoms with Crippen molar-refractivity contribution in [3.8, 4) is 16.9 Å². The van der Waals surface area contributed by atoms with Gasteiger partial charge in [0.05, 0.1) is 12.8 Å². The van der Waals surface area contributed by atoms with E-state index in [9.17, 15) is 4.79 Å². The van der Waals surface area contributed by atoms with Crippen LogP contribution < -0.4 is 26.4 Å². The number of hydrogen-bond acceptors (Lipinski definition) is 8. The van der Waals surface area contributed by atoms with Gasteiger partial charge >= 0.3 is 6.09 Å². The molecule has 4 rings (SSSR count). The number of benzene rings is 1. The zero-order valence-electron chi connectivity index (χ0n) is 20.2. The Balaban J connectivity index is 1.70. The van der Waals surface area contributed by atoms with Gasteiger partial charge in [-0.3, -0.25) is 5.32 Å². The molecule has 3 aromatic rings. The molecule has 1 fully saturated rings. The molecular weight excluding hydrogens is 434 g/mol. The summed E-state index contributed by atoms with van der Waals surface area (Å²) in [6.07, 6.45) is 3.00. The number of amides is 1. The van der Waals surface area contributed by atoms with Gasteiger partial charge in [-0.2, -0.15) is 5.10 Å². The Labute approximate surface area is 199 Å². The number of hydrogen-bond donors (Lipinski definition) is 3. The molecule has 0 bridgehead atoms. The van der Waals surface area contributed by atoms with Gasteiger partial charge in [-0.25, -0.2) is 14.3 Å². The van der Waals surface area contributed by atoms with Crippen molar-refractivity contribution in [3.05, 3.63) is 30.6 Å². The molecule has 1 saturated heterocycles. The number of rotatable bonds is 5. The molecule has 0 radical (unpaired) electrons. The lowest BCUT2D eigenvalue weighted by Gasteiger charge is -2.32. The molecule has 10 heteroatoms. The van der Waals surface area contributed by atoms with E-state index in [-0.39, 0.29) is 0 Å². The Morgan fingerprint density at radius 3 is 2.62 bits per heavy atom. The van der Waals surface area contributed by atoms with Gasteiger partial charge in [-0.05, 0) is 69.8 Å². The Morgan fingerprint density at radius 2 is 1.97 bits per heavy atom. The van der Waals surface area contributed by atoms with Crippen molar-refractivity contribution in [2.45, 2.75) is 39.2 Å². The summed E-state index contributed by atoms with van der Waals surface area (Å²) in [5, 5.41) is 7.24. The molecule has 0 aliphatic carbocycles. The Bertz CT molecular complexity index is 1180. The molecule has 2 aromatic heterocycles. The third-order valence-electron chi connectivity index (χ3n) is 5.98. The summed E-state index contributed by atoms with van der Waals surface area (Å²) in [5.41, 5.74) is 14.6. The first-order valence-corrected chi connectivity index (χ1v) is 11.5. The van der Waals surface area contributed by atoms with Crippen molar-refractivity contribution in [3.63, 3.8) is 0 Å². The van der Waals surface area contributed by atoms with E-state index in [4.69, 9.17) is 20.9 Å². The maximum Gasteiger partial charge on any atom is 0.412 e. The molecule has 0 saturated carbocycles. The zero-order chi connectivity index (χ0) is 24.5. The van der Waals surface area contributed by atoms with E-state index in [2.05, 4.69) is 26.4 Å². The van der Waals surface area contributed by atoms with Gasteiger partial charge < -0.3 is 25.8 Å². The number of nitrogens with one attached hydrogen (secondary N) is 1. The van der Waals surface area contributed by atoms with Crippen LogP contribution in [0.25, 0.3) is 16.6 Å². The number of nitrogens with zero attached hydrogens (tertiary/aromatic N) is 4. The molecule has 10 nitrogen and oxygen atoms in total. The maximum atomic E-state index is 12.3. The number of nitrogen functional groups attached to an aromatic ring is 1. The van der Waals surface area contributed by atoms with Crippen molar-refractivity contribution in [1.82, 2.24) is 14.6 Å². The normalized spacial score (nSPS) is 14.9. The van der Waals surface area contributed by atoms with E-state index >= 15 is 0 Å². The SMILES string of the molecule is COc1cc(-c2cc(N3CCC(CN)CC3)n3ncnc(N)c23)ccc1NC(=O)OC(C)(C)C. The van der Waals surface area contributed by atoms with Gasteiger partial charge in [-0.15, -0.1) is 0 Å². The summed E-state index contributed by atoms with van der Waals surface area (Å²) in [6, 6.07) is 7.63. The van der Waals surface area contributed by atoms with Gasteiger partial charge in [-0.1, -0.05) is 6.07 Å². The fraction of sp³-hybridized carbons (Fsp3) is 0.458. The number of anilines is 3. The van der Waals surface area contributed by atoms with Crippen LogP contribution >= 0.6 is 0 Å². The van der Waals surface area contributed by atoms with E-state index in [1.165, 1.54) is 6.33 Å². The van der Waals surface area contributed by atoms with Crippen LogP contribution in [0.15, 0.2) is 30.6 Å². The summed E-state index contributed by atoms with van der Waals surface area (Å²) < 4.78 is 12.8. The minimum atomic E-state index is -0.602. The van der Waals surface area contributed by atoms with E-state index in [1.54, 1.807) is 13.2 Å². The molecule has 1 aromatic carbocycles. The number of fused-ring (bicyclic) bond motifs is 1. The summed E-state index contributed by atoms with van der Waals surface area (Å²) in [4.78, 5) is 18.8.